The summed E-state index contributed by atoms with van der Waals surface area (Å²) in [5.41, 5.74) is 4.22. The number of benzene rings is 1. The minimum absolute atomic E-state index is 0.730. The maximum Gasteiger partial charge on any atom is 0.0610 e. The van der Waals surface area contributed by atoms with Crippen LogP contribution in [-0.2, 0) is 0 Å². The van der Waals surface area contributed by atoms with Crippen molar-refractivity contribution in [2.45, 2.75) is 57.5 Å². The van der Waals surface area contributed by atoms with Gasteiger partial charge in [0.15, 0.2) is 0 Å². The Labute approximate surface area is 116 Å². The number of piperidine rings is 1. The van der Waals surface area contributed by atoms with Crippen LogP contribution in [0, 0.1) is 12.8 Å². The van der Waals surface area contributed by atoms with Gasteiger partial charge in [0, 0.05) is 18.6 Å². The van der Waals surface area contributed by atoms with Gasteiger partial charge in [0.1, 0.15) is 0 Å². The SMILES string of the molecule is Cc1ccc2c(c1)N1C(CCC3CCCCC31)CN2. The van der Waals surface area contributed by atoms with Gasteiger partial charge in [-0.3, -0.25) is 0 Å². The topological polar surface area (TPSA) is 15.3 Å². The summed E-state index contributed by atoms with van der Waals surface area (Å²) in [5.74, 6) is 0.955. The summed E-state index contributed by atoms with van der Waals surface area (Å²) in [6, 6.07) is 8.44. The average molecular weight is 256 g/mol. The molecule has 19 heavy (non-hydrogen) atoms. The van der Waals surface area contributed by atoms with Crippen molar-refractivity contribution >= 4 is 11.4 Å². The predicted octanol–water partition coefficient (Wildman–Crippen LogP) is 3.95. The van der Waals surface area contributed by atoms with Crippen molar-refractivity contribution in [3.05, 3.63) is 23.8 Å². The molecule has 0 aromatic heterocycles. The fourth-order valence-electron chi connectivity index (χ4n) is 4.52. The van der Waals surface area contributed by atoms with Gasteiger partial charge < -0.3 is 10.2 Å². The zero-order valence-electron chi connectivity index (χ0n) is 11.9. The molecule has 2 nitrogen and oxygen atoms in total. The Morgan fingerprint density at radius 1 is 1.11 bits per heavy atom. The van der Waals surface area contributed by atoms with E-state index in [1.165, 1.54) is 55.5 Å². The first-order valence-electron chi connectivity index (χ1n) is 7.96. The van der Waals surface area contributed by atoms with Gasteiger partial charge in [-0.15, -0.1) is 0 Å². The molecule has 0 amide bonds. The van der Waals surface area contributed by atoms with E-state index in [0.717, 1.165) is 24.5 Å². The Morgan fingerprint density at radius 2 is 2.00 bits per heavy atom. The van der Waals surface area contributed by atoms with Gasteiger partial charge in [0.2, 0.25) is 0 Å². The summed E-state index contributed by atoms with van der Waals surface area (Å²) >= 11 is 0. The standard InChI is InChI=1S/C17H24N2/c1-12-6-9-15-17(10-12)19-14(11-18-15)8-7-13-4-2-3-5-16(13)19/h6,9-10,13-14,16,18H,2-5,7-8,11H2,1H3. The lowest BCUT2D eigenvalue weighted by molar-refractivity contribution is 0.215. The van der Waals surface area contributed by atoms with E-state index in [4.69, 9.17) is 0 Å². The van der Waals surface area contributed by atoms with E-state index in [2.05, 4.69) is 35.3 Å². The molecule has 0 bridgehead atoms. The number of rotatable bonds is 0. The molecule has 3 aliphatic rings. The maximum atomic E-state index is 3.64. The highest BCUT2D eigenvalue weighted by molar-refractivity contribution is 5.74. The number of hydrogen-bond donors (Lipinski definition) is 1. The number of fused-ring (bicyclic) bond motifs is 5. The second-order valence-electron chi connectivity index (χ2n) is 6.65. The van der Waals surface area contributed by atoms with E-state index in [9.17, 15) is 0 Å². The van der Waals surface area contributed by atoms with E-state index >= 15 is 0 Å². The van der Waals surface area contributed by atoms with E-state index in [0.29, 0.717) is 0 Å². The Kier molecular flexibility index (Phi) is 2.71. The Bertz CT molecular complexity index is 482. The monoisotopic (exact) mass is 256 g/mol. The van der Waals surface area contributed by atoms with E-state index < -0.39 is 0 Å². The summed E-state index contributed by atoms with van der Waals surface area (Å²) in [4.78, 5) is 2.80. The van der Waals surface area contributed by atoms with Crippen LogP contribution in [0.15, 0.2) is 18.2 Å². The van der Waals surface area contributed by atoms with E-state index in [-0.39, 0.29) is 0 Å². The second-order valence-corrected chi connectivity index (χ2v) is 6.65. The molecule has 1 N–H and O–H groups in total. The molecule has 1 saturated carbocycles. The predicted molar refractivity (Wildman–Crippen MR) is 80.9 cm³/mol. The highest BCUT2D eigenvalue weighted by Crippen LogP contribution is 2.44. The largest absolute Gasteiger partial charge is 0.381 e. The van der Waals surface area contributed by atoms with Gasteiger partial charge in [-0.2, -0.15) is 0 Å². The van der Waals surface area contributed by atoms with Crippen molar-refractivity contribution in [2.24, 2.45) is 5.92 Å². The first-order valence-corrected chi connectivity index (χ1v) is 7.96. The molecular formula is C17H24N2. The summed E-state index contributed by atoms with van der Waals surface area (Å²) in [5, 5.41) is 3.64. The van der Waals surface area contributed by atoms with Crippen molar-refractivity contribution in [2.75, 3.05) is 16.8 Å². The molecule has 2 heterocycles. The van der Waals surface area contributed by atoms with Crippen LogP contribution in [0.25, 0.3) is 0 Å². The van der Waals surface area contributed by atoms with Crippen LogP contribution in [0.5, 0.6) is 0 Å². The Balaban J connectivity index is 1.75. The van der Waals surface area contributed by atoms with Gasteiger partial charge in [0.05, 0.1) is 11.4 Å². The maximum absolute atomic E-state index is 3.64. The van der Waals surface area contributed by atoms with Crippen molar-refractivity contribution in [3.63, 3.8) is 0 Å². The van der Waals surface area contributed by atoms with Crippen LogP contribution >= 0.6 is 0 Å². The van der Waals surface area contributed by atoms with Crippen molar-refractivity contribution in [3.8, 4) is 0 Å². The van der Waals surface area contributed by atoms with Crippen LogP contribution in [0.1, 0.15) is 44.1 Å². The third kappa shape index (κ3) is 1.84. The minimum atomic E-state index is 0.730. The third-order valence-corrected chi connectivity index (χ3v) is 5.45. The van der Waals surface area contributed by atoms with Gasteiger partial charge in [-0.05, 0) is 56.2 Å². The zero-order valence-corrected chi connectivity index (χ0v) is 11.9. The van der Waals surface area contributed by atoms with Crippen molar-refractivity contribution in [1.82, 2.24) is 0 Å². The molecule has 1 aliphatic carbocycles. The Hall–Kier alpha value is -1.18. The fraction of sp³-hybridized carbons (Fsp3) is 0.647. The van der Waals surface area contributed by atoms with Gasteiger partial charge in [-0.1, -0.05) is 18.9 Å². The lowest BCUT2D eigenvalue weighted by Crippen LogP contribution is -2.56. The van der Waals surface area contributed by atoms with Crippen LogP contribution < -0.4 is 10.2 Å². The number of nitrogens with zero attached hydrogens (tertiary/aromatic N) is 1. The molecule has 2 aliphatic heterocycles. The molecule has 1 aromatic carbocycles. The summed E-state index contributed by atoms with van der Waals surface area (Å²) < 4.78 is 0. The lowest BCUT2D eigenvalue weighted by Gasteiger charge is -2.52. The molecule has 3 atom stereocenters. The van der Waals surface area contributed by atoms with E-state index in [1.807, 2.05) is 0 Å². The number of anilines is 2. The fourth-order valence-corrected chi connectivity index (χ4v) is 4.52. The van der Waals surface area contributed by atoms with E-state index in [1.54, 1.807) is 0 Å². The van der Waals surface area contributed by atoms with Crippen LogP contribution in [0.2, 0.25) is 0 Å². The number of aryl methyl sites for hydroxylation is 1. The first-order chi connectivity index (χ1) is 9.33. The van der Waals surface area contributed by atoms with Gasteiger partial charge in [-0.25, -0.2) is 0 Å². The average Bonchev–Trinajstić information content (AvgIpc) is 2.46. The molecule has 4 rings (SSSR count). The molecular weight excluding hydrogens is 232 g/mol. The van der Waals surface area contributed by atoms with Gasteiger partial charge >= 0.3 is 0 Å². The smallest absolute Gasteiger partial charge is 0.0610 e. The molecule has 3 unspecified atom stereocenters. The molecule has 102 valence electrons. The van der Waals surface area contributed by atoms with Crippen molar-refractivity contribution in [1.29, 1.82) is 0 Å². The highest BCUT2D eigenvalue weighted by atomic mass is 15.3. The Morgan fingerprint density at radius 3 is 2.95 bits per heavy atom. The summed E-state index contributed by atoms with van der Waals surface area (Å²) in [7, 11) is 0. The third-order valence-electron chi connectivity index (χ3n) is 5.45. The highest BCUT2D eigenvalue weighted by Gasteiger charge is 2.40. The summed E-state index contributed by atoms with van der Waals surface area (Å²) in [6.45, 7) is 3.35. The van der Waals surface area contributed by atoms with Crippen LogP contribution in [0.3, 0.4) is 0 Å². The molecule has 2 fully saturated rings. The zero-order chi connectivity index (χ0) is 12.8. The minimum Gasteiger partial charge on any atom is -0.381 e. The molecule has 0 spiro atoms. The van der Waals surface area contributed by atoms with Crippen molar-refractivity contribution < 1.29 is 0 Å². The molecule has 1 saturated heterocycles. The summed E-state index contributed by atoms with van der Waals surface area (Å²) in [6.07, 6.45) is 8.59. The number of nitrogens with one attached hydrogen (secondary N) is 1. The van der Waals surface area contributed by atoms with Crippen LogP contribution in [0.4, 0.5) is 11.4 Å². The molecule has 0 radical (unpaired) electrons. The number of hydrogen-bond acceptors (Lipinski definition) is 2. The first kappa shape index (κ1) is 11.6. The quantitative estimate of drug-likeness (QED) is 0.756. The molecule has 2 heteroatoms. The normalized spacial score (nSPS) is 32.9. The molecule has 1 aromatic rings. The van der Waals surface area contributed by atoms with Gasteiger partial charge in [0.25, 0.3) is 0 Å². The second kappa shape index (κ2) is 4.43. The van der Waals surface area contributed by atoms with Crippen LogP contribution in [-0.4, -0.2) is 18.6 Å². The lowest BCUT2D eigenvalue weighted by atomic mass is 9.75.